The molecule has 0 unspecified atom stereocenters. The van der Waals surface area contributed by atoms with Crippen molar-refractivity contribution in [1.29, 1.82) is 0 Å². The van der Waals surface area contributed by atoms with E-state index in [-0.39, 0.29) is 5.91 Å². The lowest BCUT2D eigenvalue weighted by atomic mass is 10.1. The molecule has 4 rings (SSSR count). The Kier molecular flexibility index (Phi) is 5.36. The molecule has 1 aliphatic heterocycles. The molecular formula is C22H18N2O4S2. The van der Waals surface area contributed by atoms with Crippen molar-refractivity contribution in [2.75, 3.05) is 12.1 Å². The fourth-order valence-electron chi connectivity index (χ4n) is 3.21. The summed E-state index contributed by atoms with van der Waals surface area (Å²) in [7, 11) is 1.34. The van der Waals surface area contributed by atoms with Gasteiger partial charge in [-0.25, -0.2) is 4.79 Å². The number of thiocarbonyl (C=S) groups is 1. The van der Waals surface area contributed by atoms with E-state index >= 15 is 0 Å². The van der Waals surface area contributed by atoms with E-state index in [1.807, 2.05) is 36.7 Å². The molecule has 0 N–H and O–H groups in total. The Labute approximate surface area is 183 Å². The van der Waals surface area contributed by atoms with E-state index in [2.05, 4.69) is 0 Å². The molecule has 8 heteroatoms. The van der Waals surface area contributed by atoms with E-state index in [0.29, 0.717) is 26.3 Å². The Bertz CT molecular complexity index is 1170. The third-order valence-electron chi connectivity index (χ3n) is 4.70. The summed E-state index contributed by atoms with van der Waals surface area (Å²) in [6.07, 6.45) is 1.69. The lowest BCUT2D eigenvalue weighted by molar-refractivity contribution is -0.114. The Morgan fingerprint density at radius 2 is 1.73 bits per heavy atom. The average molecular weight is 439 g/mol. The molecular weight excluding hydrogens is 420 g/mol. The van der Waals surface area contributed by atoms with Crippen molar-refractivity contribution in [3.8, 4) is 11.3 Å². The number of nitrogens with zero attached hydrogens (tertiary/aromatic N) is 2. The highest BCUT2D eigenvalue weighted by molar-refractivity contribution is 8.27. The number of thioether (sulfide) groups is 1. The Balaban J connectivity index is 1.58. The lowest BCUT2D eigenvalue weighted by Gasteiger charge is -2.20. The van der Waals surface area contributed by atoms with Crippen LogP contribution < -0.4 is 5.01 Å². The van der Waals surface area contributed by atoms with Gasteiger partial charge in [0.15, 0.2) is 4.32 Å². The number of furan rings is 1. The monoisotopic (exact) mass is 438 g/mol. The summed E-state index contributed by atoms with van der Waals surface area (Å²) in [5, 5.41) is 1.51. The molecule has 30 heavy (non-hydrogen) atoms. The summed E-state index contributed by atoms with van der Waals surface area (Å²) in [5.74, 6) is 0.596. The second-order valence-electron chi connectivity index (χ2n) is 6.69. The highest BCUT2D eigenvalue weighted by Crippen LogP contribution is 2.33. The summed E-state index contributed by atoms with van der Waals surface area (Å²) in [4.78, 5) is 25.0. The zero-order valence-corrected chi connectivity index (χ0v) is 18.2. The molecule has 152 valence electrons. The van der Waals surface area contributed by atoms with E-state index in [1.165, 1.54) is 23.9 Å². The van der Waals surface area contributed by atoms with Crippen LogP contribution in [-0.2, 0) is 9.53 Å². The van der Waals surface area contributed by atoms with Gasteiger partial charge in [-0.15, -0.1) is 0 Å². The van der Waals surface area contributed by atoms with Crippen LogP contribution in [0.3, 0.4) is 0 Å². The molecule has 0 saturated carbocycles. The summed E-state index contributed by atoms with van der Waals surface area (Å²) in [5.41, 5.74) is 3.14. The maximum atomic E-state index is 13.0. The molecule has 1 aromatic carbocycles. The first-order valence-corrected chi connectivity index (χ1v) is 10.3. The van der Waals surface area contributed by atoms with Crippen LogP contribution >= 0.6 is 24.0 Å². The standard InChI is InChI=1S/C22H18N2O4S2/c1-13-4-5-14(2)23(13)24-20(25)19(30-22(24)29)12-17-10-11-18(28-17)15-6-8-16(9-7-15)21(26)27-3/h4-12H,1-3H3/b19-12+. The minimum absolute atomic E-state index is 0.187. The topological polar surface area (TPSA) is 64.7 Å². The molecule has 3 aromatic rings. The van der Waals surface area contributed by atoms with Crippen LogP contribution in [0.25, 0.3) is 17.4 Å². The van der Waals surface area contributed by atoms with Crippen molar-refractivity contribution in [3.63, 3.8) is 0 Å². The maximum Gasteiger partial charge on any atom is 0.337 e. The average Bonchev–Trinajstić information content (AvgIpc) is 3.41. The van der Waals surface area contributed by atoms with Crippen molar-refractivity contribution in [2.45, 2.75) is 13.8 Å². The van der Waals surface area contributed by atoms with Gasteiger partial charge in [0.2, 0.25) is 0 Å². The number of benzene rings is 1. The number of aryl methyl sites for hydroxylation is 2. The Morgan fingerprint density at radius 3 is 2.37 bits per heavy atom. The van der Waals surface area contributed by atoms with Crippen molar-refractivity contribution >= 4 is 46.3 Å². The van der Waals surface area contributed by atoms with E-state index < -0.39 is 5.97 Å². The molecule has 0 bridgehead atoms. The summed E-state index contributed by atoms with van der Waals surface area (Å²) >= 11 is 6.68. The molecule has 3 heterocycles. The van der Waals surface area contributed by atoms with Gasteiger partial charge in [0.1, 0.15) is 11.5 Å². The predicted molar refractivity (Wildman–Crippen MR) is 121 cm³/mol. The second kappa shape index (κ2) is 7.97. The van der Waals surface area contributed by atoms with Gasteiger partial charge >= 0.3 is 5.97 Å². The van der Waals surface area contributed by atoms with E-state index in [4.69, 9.17) is 21.4 Å². The minimum atomic E-state index is -0.392. The molecule has 1 saturated heterocycles. The van der Waals surface area contributed by atoms with Crippen molar-refractivity contribution in [3.05, 3.63) is 76.1 Å². The largest absolute Gasteiger partial charge is 0.465 e. The highest BCUT2D eigenvalue weighted by atomic mass is 32.2. The minimum Gasteiger partial charge on any atom is -0.465 e. The maximum absolute atomic E-state index is 13.0. The molecule has 2 aromatic heterocycles. The number of carbonyl (C=O) groups excluding carboxylic acids is 2. The molecule has 0 radical (unpaired) electrons. The first-order chi connectivity index (χ1) is 14.4. The molecule has 1 fully saturated rings. The molecule has 1 aliphatic rings. The number of rotatable bonds is 4. The molecule has 6 nitrogen and oxygen atoms in total. The van der Waals surface area contributed by atoms with E-state index in [0.717, 1.165) is 17.0 Å². The van der Waals surface area contributed by atoms with Crippen LogP contribution in [0.4, 0.5) is 0 Å². The number of ether oxygens (including phenoxy) is 1. The number of methoxy groups -OCH3 is 1. The van der Waals surface area contributed by atoms with Crippen LogP contribution in [0, 0.1) is 13.8 Å². The quantitative estimate of drug-likeness (QED) is 0.335. The molecule has 0 aliphatic carbocycles. The van der Waals surface area contributed by atoms with Gasteiger partial charge in [-0.3, -0.25) is 9.47 Å². The SMILES string of the molecule is COC(=O)c1ccc(-c2ccc(/C=C3/SC(=S)N(n4c(C)ccc4C)C3=O)o2)cc1. The summed E-state index contributed by atoms with van der Waals surface area (Å²) < 4.78 is 12.9. The number of amides is 1. The lowest BCUT2D eigenvalue weighted by Crippen LogP contribution is -2.39. The first kappa shape index (κ1) is 20.2. The summed E-state index contributed by atoms with van der Waals surface area (Å²) in [6, 6.07) is 14.4. The van der Waals surface area contributed by atoms with Gasteiger partial charge in [-0.05, 0) is 62.5 Å². The van der Waals surface area contributed by atoms with Crippen LogP contribution in [0.1, 0.15) is 27.5 Å². The number of carbonyl (C=O) groups is 2. The molecule has 0 spiro atoms. The van der Waals surface area contributed by atoms with Gasteiger partial charge in [-0.1, -0.05) is 23.9 Å². The van der Waals surface area contributed by atoms with Gasteiger partial charge in [-0.2, -0.15) is 5.01 Å². The van der Waals surface area contributed by atoms with Crippen LogP contribution in [0.15, 0.2) is 57.9 Å². The molecule has 0 atom stereocenters. The second-order valence-corrected chi connectivity index (χ2v) is 8.37. The fraction of sp³-hybridized carbons (Fsp3) is 0.136. The van der Waals surface area contributed by atoms with Gasteiger partial charge in [0.25, 0.3) is 5.91 Å². The Morgan fingerprint density at radius 1 is 1.07 bits per heavy atom. The number of esters is 1. The van der Waals surface area contributed by atoms with Crippen molar-refractivity contribution < 1.29 is 18.7 Å². The van der Waals surface area contributed by atoms with Gasteiger partial charge in [0.05, 0.1) is 17.6 Å². The molecule has 1 amide bonds. The fourth-order valence-corrected chi connectivity index (χ4v) is 4.43. The van der Waals surface area contributed by atoms with Crippen LogP contribution in [0.2, 0.25) is 0 Å². The van der Waals surface area contributed by atoms with Crippen molar-refractivity contribution in [2.24, 2.45) is 0 Å². The third kappa shape index (κ3) is 3.59. The number of hydrogen-bond acceptors (Lipinski definition) is 6. The smallest absolute Gasteiger partial charge is 0.337 e. The first-order valence-electron chi connectivity index (χ1n) is 9.11. The number of hydrogen-bond donors (Lipinski definition) is 0. The van der Waals surface area contributed by atoms with E-state index in [9.17, 15) is 9.59 Å². The number of aromatic nitrogens is 1. The van der Waals surface area contributed by atoms with Gasteiger partial charge < -0.3 is 9.15 Å². The highest BCUT2D eigenvalue weighted by Gasteiger charge is 2.35. The predicted octanol–water partition coefficient (Wildman–Crippen LogP) is 4.69. The third-order valence-corrected chi connectivity index (χ3v) is 5.98. The zero-order valence-electron chi connectivity index (χ0n) is 16.5. The van der Waals surface area contributed by atoms with Crippen LogP contribution in [0.5, 0.6) is 0 Å². The van der Waals surface area contributed by atoms with Crippen molar-refractivity contribution in [1.82, 2.24) is 4.68 Å². The Hall–Kier alpha value is -3.10. The van der Waals surface area contributed by atoms with Gasteiger partial charge in [0, 0.05) is 23.0 Å². The normalized spacial score (nSPS) is 15.3. The summed E-state index contributed by atoms with van der Waals surface area (Å²) in [6.45, 7) is 3.86. The zero-order chi connectivity index (χ0) is 21.4. The van der Waals surface area contributed by atoms with Crippen LogP contribution in [-0.4, -0.2) is 28.0 Å². The van der Waals surface area contributed by atoms with E-state index in [1.54, 1.807) is 36.4 Å².